The smallest absolute Gasteiger partial charge is 0.0235 e. The highest BCUT2D eigenvalue weighted by Crippen LogP contribution is 2.15. The Balaban J connectivity index is 2.35. The third kappa shape index (κ3) is 2.46. The van der Waals surface area contributed by atoms with Crippen molar-refractivity contribution in [1.29, 1.82) is 0 Å². The summed E-state index contributed by atoms with van der Waals surface area (Å²) in [4.78, 5) is 2.52. The molecule has 1 N–H and O–H groups in total. The molecule has 0 aromatic rings. The fraction of sp³-hybridized carbons (Fsp3) is 1.00. The zero-order valence-corrected chi connectivity index (χ0v) is 8.80. The maximum atomic E-state index is 3.61. The number of hydrogen-bond donors (Lipinski definition) is 1. The van der Waals surface area contributed by atoms with Gasteiger partial charge in [0, 0.05) is 25.2 Å². The average molecular weight is 170 g/mol. The highest BCUT2D eigenvalue weighted by molar-refractivity contribution is 4.86. The van der Waals surface area contributed by atoms with Crippen LogP contribution in [0.25, 0.3) is 0 Å². The molecule has 1 saturated heterocycles. The fourth-order valence-corrected chi connectivity index (χ4v) is 1.97. The summed E-state index contributed by atoms with van der Waals surface area (Å²) in [7, 11) is 0. The molecular formula is C10H22N2. The molecule has 2 unspecified atom stereocenters. The maximum absolute atomic E-state index is 3.61. The maximum Gasteiger partial charge on any atom is 0.0235 e. The van der Waals surface area contributed by atoms with Gasteiger partial charge in [0.1, 0.15) is 0 Å². The molecular weight excluding hydrogens is 148 g/mol. The van der Waals surface area contributed by atoms with Crippen molar-refractivity contribution in [2.75, 3.05) is 19.6 Å². The second kappa shape index (κ2) is 4.24. The highest BCUT2D eigenvalue weighted by atomic mass is 15.2. The Labute approximate surface area is 76.3 Å². The second-order valence-corrected chi connectivity index (χ2v) is 4.26. The topological polar surface area (TPSA) is 15.3 Å². The Morgan fingerprint density at radius 2 is 2.08 bits per heavy atom. The van der Waals surface area contributed by atoms with Crippen LogP contribution in [0.2, 0.25) is 0 Å². The molecule has 0 aromatic carbocycles. The second-order valence-electron chi connectivity index (χ2n) is 4.26. The van der Waals surface area contributed by atoms with Crippen molar-refractivity contribution in [3.05, 3.63) is 0 Å². The first-order valence-corrected chi connectivity index (χ1v) is 5.12. The first kappa shape index (κ1) is 10.0. The van der Waals surface area contributed by atoms with Crippen LogP contribution in [0.1, 0.15) is 27.7 Å². The van der Waals surface area contributed by atoms with Crippen molar-refractivity contribution in [2.24, 2.45) is 5.92 Å². The monoisotopic (exact) mass is 170 g/mol. The Bertz CT molecular complexity index is 134. The molecule has 0 radical (unpaired) electrons. The lowest BCUT2D eigenvalue weighted by Gasteiger charge is -2.19. The van der Waals surface area contributed by atoms with Crippen molar-refractivity contribution in [2.45, 2.75) is 39.8 Å². The molecule has 1 aliphatic rings. The van der Waals surface area contributed by atoms with Crippen molar-refractivity contribution in [3.63, 3.8) is 0 Å². The van der Waals surface area contributed by atoms with Gasteiger partial charge in [-0.05, 0) is 12.5 Å². The van der Waals surface area contributed by atoms with E-state index in [2.05, 4.69) is 37.9 Å². The van der Waals surface area contributed by atoms with E-state index >= 15 is 0 Å². The molecule has 0 spiro atoms. The van der Waals surface area contributed by atoms with Gasteiger partial charge in [-0.3, -0.25) is 0 Å². The minimum Gasteiger partial charge on any atom is -0.310 e. The molecule has 0 saturated carbocycles. The van der Waals surface area contributed by atoms with Crippen molar-refractivity contribution in [3.8, 4) is 0 Å². The Morgan fingerprint density at radius 1 is 1.42 bits per heavy atom. The Hall–Kier alpha value is -0.0800. The van der Waals surface area contributed by atoms with Crippen LogP contribution in [0.15, 0.2) is 0 Å². The predicted molar refractivity (Wildman–Crippen MR) is 53.3 cm³/mol. The van der Waals surface area contributed by atoms with Crippen LogP contribution in [0.5, 0.6) is 0 Å². The molecule has 0 amide bonds. The zero-order valence-electron chi connectivity index (χ0n) is 8.80. The van der Waals surface area contributed by atoms with Gasteiger partial charge in [-0.1, -0.05) is 27.7 Å². The van der Waals surface area contributed by atoms with Crippen molar-refractivity contribution in [1.82, 2.24) is 10.2 Å². The quantitative estimate of drug-likeness (QED) is 0.687. The Morgan fingerprint density at radius 3 is 2.50 bits per heavy atom. The molecule has 1 heterocycles. The van der Waals surface area contributed by atoms with Crippen molar-refractivity contribution >= 4 is 0 Å². The Kier molecular flexibility index (Phi) is 3.53. The predicted octanol–water partition coefficient (Wildman–Crippen LogP) is 1.32. The first-order chi connectivity index (χ1) is 5.63. The number of rotatable bonds is 3. The summed E-state index contributed by atoms with van der Waals surface area (Å²) >= 11 is 0. The molecule has 0 bridgehead atoms. The van der Waals surface area contributed by atoms with E-state index in [1.165, 1.54) is 19.6 Å². The summed E-state index contributed by atoms with van der Waals surface area (Å²) in [5, 5.41) is 3.61. The van der Waals surface area contributed by atoms with Crippen LogP contribution >= 0.6 is 0 Å². The fourth-order valence-electron chi connectivity index (χ4n) is 1.97. The van der Waals surface area contributed by atoms with Crippen LogP contribution in [0.4, 0.5) is 0 Å². The molecule has 2 atom stereocenters. The molecule has 0 aliphatic carbocycles. The van der Waals surface area contributed by atoms with E-state index in [0.29, 0.717) is 12.1 Å². The van der Waals surface area contributed by atoms with E-state index < -0.39 is 0 Å². The van der Waals surface area contributed by atoms with E-state index in [1.54, 1.807) is 0 Å². The molecule has 2 nitrogen and oxygen atoms in total. The molecule has 0 aromatic heterocycles. The van der Waals surface area contributed by atoms with E-state index in [0.717, 1.165) is 5.92 Å². The van der Waals surface area contributed by atoms with Gasteiger partial charge in [-0.2, -0.15) is 0 Å². The largest absolute Gasteiger partial charge is 0.310 e. The number of likely N-dealkylation sites (tertiary alicyclic amines) is 1. The summed E-state index contributed by atoms with van der Waals surface area (Å²) < 4.78 is 0. The molecule has 72 valence electrons. The zero-order chi connectivity index (χ0) is 9.14. The van der Waals surface area contributed by atoms with Gasteiger partial charge in [0.25, 0.3) is 0 Å². The van der Waals surface area contributed by atoms with Crippen LogP contribution in [0.3, 0.4) is 0 Å². The lowest BCUT2D eigenvalue weighted by Crippen LogP contribution is -2.39. The molecule has 1 rings (SSSR count). The first-order valence-electron chi connectivity index (χ1n) is 5.12. The van der Waals surface area contributed by atoms with E-state index in [4.69, 9.17) is 0 Å². The van der Waals surface area contributed by atoms with Crippen molar-refractivity contribution < 1.29 is 0 Å². The summed E-state index contributed by atoms with van der Waals surface area (Å²) in [6.07, 6.45) is 0. The van der Waals surface area contributed by atoms with Gasteiger partial charge in [0.15, 0.2) is 0 Å². The minimum absolute atomic E-state index is 0.620. The third-order valence-corrected chi connectivity index (χ3v) is 2.68. The number of nitrogens with one attached hydrogen (secondary N) is 1. The molecule has 2 heteroatoms. The minimum atomic E-state index is 0.620. The van der Waals surface area contributed by atoms with E-state index in [9.17, 15) is 0 Å². The van der Waals surface area contributed by atoms with Gasteiger partial charge in [0.05, 0.1) is 0 Å². The normalized spacial score (nSPS) is 31.8. The van der Waals surface area contributed by atoms with Gasteiger partial charge >= 0.3 is 0 Å². The molecule has 1 aliphatic heterocycles. The van der Waals surface area contributed by atoms with E-state index in [1.807, 2.05) is 0 Å². The lowest BCUT2D eigenvalue weighted by molar-refractivity contribution is 0.340. The summed E-state index contributed by atoms with van der Waals surface area (Å²) in [5.74, 6) is 0.812. The number of likely N-dealkylation sites (N-methyl/N-ethyl adjacent to an activating group) is 1. The van der Waals surface area contributed by atoms with Crippen LogP contribution in [0, 0.1) is 5.92 Å². The van der Waals surface area contributed by atoms with Gasteiger partial charge in [-0.25, -0.2) is 0 Å². The standard InChI is InChI=1S/C10H22N2/c1-5-12-6-9(4)10(7-12)11-8(2)3/h8-11H,5-7H2,1-4H3. The number of hydrogen-bond acceptors (Lipinski definition) is 2. The van der Waals surface area contributed by atoms with Crippen LogP contribution in [-0.2, 0) is 0 Å². The lowest BCUT2D eigenvalue weighted by atomic mass is 10.1. The molecule has 12 heavy (non-hydrogen) atoms. The summed E-state index contributed by atoms with van der Waals surface area (Å²) in [5.41, 5.74) is 0. The number of nitrogens with zero attached hydrogens (tertiary/aromatic N) is 1. The average Bonchev–Trinajstić information content (AvgIpc) is 2.31. The van der Waals surface area contributed by atoms with Crippen LogP contribution in [-0.4, -0.2) is 36.6 Å². The van der Waals surface area contributed by atoms with Gasteiger partial charge in [0.2, 0.25) is 0 Å². The van der Waals surface area contributed by atoms with Gasteiger partial charge in [-0.15, -0.1) is 0 Å². The summed E-state index contributed by atoms with van der Waals surface area (Å²) in [6, 6.07) is 1.33. The van der Waals surface area contributed by atoms with Gasteiger partial charge < -0.3 is 10.2 Å². The highest BCUT2D eigenvalue weighted by Gasteiger charge is 2.28. The summed E-state index contributed by atoms with van der Waals surface area (Å²) in [6.45, 7) is 12.7. The third-order valence-electron chi connectivity index (χ3n) is 2.68. The van der Waals surface area contributed by atoms with Crippen LogP contribution < -0.4 is 5.32 Å². The molecule has 1 fully saturated rings. The SMILES string of the molecule is CCN1CC(C)C(NC(C)C)C1. The van der Waals surface area contributed by atoms with E-state index in [-0.39, 0.29) is 0 Å².